The number of rotatable bonds is 3. The van der Waals surface area contributed by atoms with E-state index in [9.17, 15) is 4.39 Å². The SMILES string of the molecule is COc1nc(Cl)nc(Nc2ccc(F)c(C#N)c2)n1. The molecule has 0 fully saturated rings. The fraction of sp³-hybridized carbons (Fsp3) is 0.0909. The molecule has 6 nitrogen and oxygen atoms in total. The smallest absolute Gasteiger partial charge is 0.322 e. The maximum absolute atomic E-state index is 13.2. The molecule has 0 atom stereocenters. The molecule has 0 aliphatic heterocycles. The van der Waals surface area contributed by atoms with Gasteiger partial charge in [0.05, 0.1) is 12.7 Å². The molecule has 0 aliphatic rings. The van der Waals surface area contributed by atoms with Gasteiger partial charge in [0.15, 0.2) is 0 Å². The Morgan fingerprint density at radius 2 is 2.16 bits per heavy atom. The molecular formula is C11H7ClFN5O. The summed E-state index contributed by atoms with van der Waals surface area (Å²) in [6.45, 7) is 0. The average molecular weight is 280 g/mol. The summed E-state index contributed by atoms with van der Waals surface area (Å²) >= 11 is 5.68. The zero-order chi connectivity index (χ0) is 13.8. The molecule has 0 spiro atoms. The zero-order valence-corrected chi connectivity index (χ0v) is 10.4. The minimum absolute atomic E-state index is 0.0445. The number of hydrogen-bond donors (Lipinski definition) is 1. The van der Waals surface area contributed by atoms with Crippen LogP contribution in [-0.4, -0.2) is 22.1 Å². The lowest BCUT2D eigenvalue weighted by Gasteiger charge is -2.06. The molecular weight excluding hydrogens is 273 g/mol. The van der Waals surface area contributed by atoms with Gasteiger partial charge in [-0.05, 0) is 29.8 Å². The van der Waals surface area contributed by atoms with Crippen molar-refractivity contribution >= 4 is 23.2 Å². The Kier molecular flexibility index (Phi) is 3.73. The Hall–Kier alpha value is -2.46. The Morgan fingerprint density at radius 3 is 2.84 bits per heavy atom. The molecule has 2 aromatic rings. The van der Waals surface area contributed by atoms with E-state index in [4.69, 9.17) is 21.6 Å². The van der Waals surface area contributed by atoms with Crippen molar-refractivity contribution in [3.8, 4) is 12.1 Å². The van der Waals surface area contributed by atoms with Crippen LogP contribution in [0.4, 0.5) is 16.0 Å². The number of nitriles is 1. The number of nitrogens with one attached hydrogen (secondary N) is 1. The second-order valence-corrected chi connectivity index (χ2v) is 3.68. The van der Waals surface area contributed by atoms with Gasteiger partial charge in [-0.2, -0.15) is 20.2 Å². The van der Waals surface area contributed by atoms with Crippen LogP contribution >= 0.6 is 11.6 Å². The van der Waals surface area contributed by atoms with E-state index in [-0.39, 0.29) is 22.8 Å². The van der Waals surface area contributed by atoms with Crippen LogP contribution in [0.3, 0.4) is 0 Å². The van der Waals surface area contributed by atoms with E-state index >= 15 is 0 Å². The van der Waals surface area contributed by atoms with Crippen molar-refractivity contribution < 1.29 is 9.13 Å². The number of benzene rings is 1. The van der Waals surface area contributed by atoms with Crippen LogP contribution in [0.15, 0.2) is 18.2 Å². The third-order valence-corrected chi connectivity index (χ3v) is 2.28. The number of anilines is 2. The molecule has 0 amide bonds. The van der Waals surface area contributed by atoms with Crippen molar-refractivity contribution in [3.63, 3.8) is 0 Å². The molecule has 96 valence electrons. The minimum atomic E-state index is -0.598. The number of ether oxygens (including phenoxy) is 1. The molecule has 1 aromatic heterocycles. The van der Waals surface area contributed by atoms with Crippen LogP contribution in [0.25, 0.3) is 0 Å². The van der Waals surface area contributed by atoms with E-state index in [0.29, 0.717) is 5.69 Å². The third-order valence-electron chi connectivity index (χ3n) is 2.11. The molecule has 1 heterocycles. The van der Waals surface area contributed by atoms with Gasteiger partial charge in [0, 0.05) is 5.69 Å². The van der Waals surface area contributed by atoms with Gasteiger partial charge in [-0.1, -0.05) is 0 Å². The van der Waals surface area contributed by atoms with Crippen LogP contribution in [0, 0.1) is 17.1 Å². The molecule has 0 radical (unpaired) electrons. The monoisotopic (exact) mass is 279 g/mol. The lowest BCUT2D eigenvalue weighted by molar-refractivity contribution is 0.379. The topological polar surface area (TPSA) is 83.7 Å². The highest BCUT2D eigenvalue weighted by atomic mass is 35.5. The summed E-state index contributed by atoms with van der Waals surface area (Å²) < 4.78 is 18.0. The molecule has 0 aliphatic carbocycles. The van der Waals surface area contributed by atoms with Gasteiger partial charge in [0.25, 0.3) is 0 Å². The first-order chi connectivity index (χ1) is 9.12. The largest absolute Gasteiger partial charge is 0.467 e. The first-order valence-electron chi connectivity index (χ1n) is 5.04. The summed E-state index contributed by atoms with van der Waals surface area (Å²) in [4.78, 5) is 11.4. The van der Waals surface area contributed by atoms with Crippen LogP contribution in [-0.2, 0) is 0 Å². The second-order valence-electron chi connectivity index (χ2n) is 3.35. The summed E-state index contributed by atoms with van der Waals surface area (Å²) in [5, 5.41) is 11.5. The Morgan fingerprint density at radius 1 is 1.37 bits per heavy atom. The van der Waals surface area contributed by atoms with Crippen molar-refractivity contribution in [2.24, 2.45) is 0 Å². The van der Waals surface area contributed by atoms with Gasteiger partial charge < -0.3 is 10.1 Å². The highest BCUT2D eigenvalue weighted by Crippen LogP contribution is 2.19. The molecule has 0 unspecified atom stereocenters. The van der Waals surface area contributed by atoms with Crippen LogP contribution in [0.5, 0.6) is 6.01 Å². The molecule has 1 N–H and O–H groups in total. The first kappa shape index (κ1) is 13.0. The molecule has 2 rings (SSSR count). The Bertz CT molecular complexity index is 658. The van der Waals surface area contributed by atoms with E-state index in [2.05, 4.69) is 20.3 Å². The van der Waals surface area contributed by atoms with Crippen LogP contribution in [0.1, 0.15) is 5.56 Å². The fourth-order valence-corrected chi connectivity index (χ4v) is 1.45. The van der Waals surface area contributed by atoms with E-state index < -0.39 is 5.82 Å². The predicted molar refractivity (Wildman–Crippen MR) is 65.8 cm³/mol. The third kappa shape index (κ3) is 3.05. The minimum Gasteiger partial charge on any atom is -0.467 e. The number of hydrogen-bond acceptors (Lipinski definition) is 6. The van der Waals surface area contributed by atoms with Crippen molar-refractivity contribution in [3.05, 3.63) is 34.9 Å². The van der Waals surface area contributed by atoms with Crippen LogP contribution in [0.2, 0.25) is 5.28 Å². The summed E-state index contributed by atoms with van der Waals surface area (Å²) in [7, 11) is 1.39. The van der Waals surface area contributed by atoms with E-state index in [1.54, 1.807) is 6.07 Å². The second kappa shape index (κ2) is 5.46. The first-order valence-corrected chi connectivity index (χ1v) is 5.42. The lowest BCUT2D eigenvalue weighted by Crippen LogP contribution is -2.02. The number of methoxy groups -OCH3 is 1. The van der Waals surface area contributed by atoms with Gasteiger partial charge in [-0.3, -0.25) is 0 Å². The number of nitrogens with zero attached hydrogens (tertiary/aromatic N) is 4. The van der Waals surface area contributed by atoms with Gasteiger partial charge in [0.2, 0.25) is 11.2 Å². The summed E-state index contributed by atoms with van der Waals surface area (Å²) in [5.41, 5.74) is 0.361. The molecule has 8 heteroatoms. The van der Waals surface area contributed by atoms with E-state index in [0.717, 1.165) is 0 Å². The zero-order valence-electron chi connectivity index (χ0n) is 9.69. The predicted octanol–water partition coefficient (Wildman–Crippen LogP) is 2.29. The molecule has 1 aromatic carbocycles. The number of aromatic nitrogens is 3. The maximum Gasteiger partial charge on any atom is 0.322 e. The maximum atomic E-state index is 13.2. The molecule has 19 heavy (non-hydrogen) atoms. The van der Waals surface area contributed by atoms with Crippen molar-refractivity contribution in [2.45, 2.75) is 0 Å². The number of halogens is 2. The highest BCUT2D eigenvalue weighted by Gasteiger charge is 2.07. The van der Waals surface area contributed by atoms with Crippen molar-refractivity contribution in [1.82, 2.24) is 15.0 Å². The average Bonchev–Trinajstić information content (AvgIpc) is 2.40. The summed E-state index contributed by atoms with van der Waals surface area (Å²) in [6, 6.07) is 5.73. The Balaban J connectivity index is 2.31. The van der Waals surface area contributed by atoms with Gasteiger partial charge in [-0.15, -0.1) is 0 Å². The van der Waals surface area contributed by atoms with Crippen molar-refractivity contribution in [1.29, 1.82) is 5.26 Å². The van der Waals surface area contributed by atoms with Gasteiger partial charge in [-0.25, -0.2) is 4.39 Å². The molecule has 0 saturated carbocycles. The van der Waals surface area contributed by atoms with Gasteiger partial charge >= 0.3 is 6.01 Å². The van der Waals surface area contributed by atoms with E-state index in [1.165, 1.54) is 25.3 Å². The normalized spacial score (nSPS) is 9.79. The molecule has 0 bridgehead atoms. The molecule has 0 saturated heterocycles. The van der Waals surface area contributed by atoms with E-state index in [1.807, 2.05) is 0 Å². The fourth-order valence-electron chi connectivity index (χ4n) is 1.30. The lowest BCUT2D eigenvalue weighted by atomic mass is 10.2. The highest BCUT2D eigenvalue weighted by molar-refractivity contribution is 6.28. The van der Waals surface area contributed by atoms with Gasteiger partial charge in [0.1, 0.15) is 11.9 Å². The summed E-state index contributed by atoms with van der Waals surface area (Å²) in [6.07, 6.45) is 0. The van der Waals surface area contributed by atoms with Crippen LogP contribution < -0.4 is 10.1 Å². The standard InChI is InChI=1S/C11H7ClFN5O/c1-19-11-17-9(12)16-10(18-11)15-7-2-3-8(13)6(4-7)5-14/h2-4H,1H3,(H,15,16,17,18). The quantitative estimate of drug-likeness (QED) is 0.928. The summed E-state index contributed by atoms with van der Waals surface area (Å²) in [5.74, 6) is -0.466. The Labute approximate surface area is 112 Å². The van der Waals surface area contributed by atoms with Crippen molar-refractivity contribution in [2.75, 3.05) is 12.4 Å².